The van der Waals surface area contributed by atoms with E-state index in [1.807, 2.05) is 24.3 Å². The fraction of sp³-hybridized carbons (Fsp3) is 0.600. The van der Waals surface area contributed by atoms with Crippen LogP contribution in [-0.2, 0) is 25.7 Å². The van der Waals surface area contributed by atoms with Gasteiger partial charge in [-0.2, -0.15) is 0 Å². The van der Waals surface area contributed by atoms with Crippen LogP contribution >= 0.6 is 22.6 Å². The van der Waals surface area contributed by atoms with E-state index in [1.165, 1.54) is 32.1 Å². The Balaban J connectivity index is 2.02. The summed E-state index contributed by atoms with van der Waals surface area (Å²) in [6.45, 7) is 2.90. The summed E-state index contributed by atoms with van der Waals surface area (Å²) in [5.74, 6) is -0.690. The highest BCUT2D eigenvalue weighted by atomic mass is 127. The van der Waals surface area contributed by atoms with Gasteiger partial charge in [0.05, 0.1) is 19.4 Å². The second-order valence-corrected chi connectivity index (χ2v) is 7.26. The number of ether oxygens (including phenoxy) is 2. The van der Waals surface area contributed by atoms with Crippen molar-refractivity contribution in [1.82, 2.24) is 0 Å². The predicted octanol–water partition coefficient (Wildman–Crippen LogP) is 5.41. The zero-order valence-electron chi connectivity index (χ0n) is 15.1. The molecular weight excluding hydrogens is 431 g/mol. The molecule has 0 radical (unpaired) electrons. The third-order valence-electron chi connectivity index (χ3n) is 3.89. The van der Waals surface area contributed by atoms with Gasteiger partial charge in [-0.3, -0.25) is 9.59 Å². The van der Waals surface area contributed by atoms with Gasteiger partial charge in [-0.15, -0.1) is 0 Å². The molecule has 0 bridgehead atoms. The molecule has 0 unspecified atom stereocenters. The van der Waals surface area contributed by atoms with E-state index in [0.717, 1.165) is 22.0 Å². The maximum absolute atomic E-state index is 11.7. The summed E-state index contributed by atoms with van der Waals surface area (Å²) in [5, 5.41) is 0. The minimum Gasteiger partial charge on any atom is -0.466 e. The smallest absolute Gasteiger partial charge is 0.306 e. The molecular formula is C20H29IO4. The SMILES string of the molecule is CCCCCCCCCOC(=O)CCC(=O)OCc1ccccc1I. The molecule has 0 amide bonds. The molecule has 0 fully saturated rings. The minimum absolute atomic E-state index is 0.0687. The standard InChI is InChI=1S/C20H29IO4/c1-2-3-4-5-6-7-10-15-24-19(22)13-14-20(23)25-16-17-11-8-9-12-18(17)21/h8-9,11-12H,2-7,10,13-16H2,1H3. The summed E-state index contributed by atoms with van der Waals surface area (Å²) >= 11 is 2.20. The van der Waals surface area contributed by atoms with Crippen molar-refractivity contribution in [1.29, 1.82) is 0 Å². The van der Waals surface area contributed by atoms with Crippen molar-refractivity contribution in [3.8, 4) is 0 Å². The van der Waals surface area contributed by atoms with Crippen LogP contribution in [0.3, 0.4) is 0 Å². The van der Waals surface area contributed by atoms with E-state index in [2.05, 4.69) is 29.5 Å². The van der Waals surface area contributed by atoms with Crippen molar-refractivity contribution in [2.45, 2.75) is 71.3 Å². The number of carbonyl (C=O) groups is 2. The largest absolute Gasteiger partial charge is 0.466 e. The molecule has 0 aromatic heterocycles. The lowest BCUT2D eigenvalue weighted by Crippen LogP contribution is -2.11. The fourth-order valence-electron chi connectivity index (χ4n) is 2.37. The molecule has 1 aromatic carbocycles. The van der Waals surface area contributed by atoms with Crippen molar-refractivity contribution >= 4 is 34.5 Å². The van der Waals surface area contributed by atoms with E-state index in [0.29, 0.717) is 6.61 Å². The molecule has 0 N–H and O–H groups in total. The van der Waals surface area contributed by atoms with Gasteiger partial charge in [-0.25, -0.2) is 0 Å². The highest BCUT2D eigenvalue weighted by Crippen LogP contribution is 2.13. The molecule has 25 heavy (non-hydrogen) atoms. The number of hydrogen-bond acceptors (Lipinski definition) is 4. The Morgan fingerprint density at radius 2 is 1.48 bits per heavy atom. The monoisotopic (exact) mass is 460 g/mol. The lowest BCUT2D eigenvalue weighted by atomic mass is 10.1. The van der Waals surface area contributed by atoms with E-state index < -0.39 is 0 Å². The molecule has 5 heteroatoms. The molecule has 4 nitrogen and oxygen atoms in total. The van der Waals surface area contributed by atoms with Crippen molar-refractivity contribution < 1.29 is 19.1 Å². The molecule has 0 aliphatic rings. The number of hydrogen-bond donors (Lipinski definition) is 0. The molecule has 0 saturated heterocycles. The van der Waals surface area contributed by atoms with Gasteiger partial charge in [0.1, 0.15) is 6.61 Å². The molecule has 0 heterocycles. The van der Waals surface area contributed by atoms with Crippen LogP contribution in [0.5, 0.6) is 0 Å². The van der Waals surface area contributed by atoms with Gasteiger partial charge in [-0.05, 0) is 35.1 Å². The highest BCUT2D eigenvalue weighted by Gasteiger charge is 2.10. The van der Waals surface area contributed by atoms with Crippen LogP contribution in [0.2, 0.25) is 0 Å². The van der Waals surface area contributed by atoms with Crippen LogP contribution in [0, 0.1) is 3.57 Å². The second-order valence-electron chi connectivity index (χ2n) is 6.09. The Bertz CT molecular complexity index is 516. The normalized spacial score (nSPS) is 10.5. The lowest BCUT2D eigenvalue weighted by Gasteiger charge is -2.07. The molecule has 1 aromatic rings. The third-order valence-corrected chi connectivity index (χ3v) is 4.94. The molecule has 0 saturated carbocycles. The maximum atomic E-state index is 11.7. The number of halogens is 1. The first kappa shape index (κ1) is 21.9. The number of unbranched alkanes of at least 4 members (excludes halogenated alkanes) is 6. The average Bonchev–Trinajstić information content (AvgIpc) is 2.61. The Hall–Kier alpha value is -1.11. The van der Waals surface area contributed by atoms with Crippen LogP contribution in [0.1, 0.15) is 70.3 Å². The summed E-state index contributed by atoms with van der Waals surface area (Å²) in [4.78, 5) is 23.3. The summed E-state index contributed by atoms with van der Waals surface area (Å²) in [6, 6.07) is 7.73. The molecule has 140 valence electrons. The molecule has 0 atom stereocenters. The average molecular weight is 460 g/mol. The maximum Gasteiger partial charge on any atom is 0.306 e. The predicted molar refractivity (Wildman–Crippen MR) is 107 cm³/mol. The van der Waals surface area contributed by atoms with Gasteiger partial charge in [0.2, 0.25) is 0 Å². The summed E-state index contributed by atoms with van der Waals surface area (Å²) < 4.78 is 11.4. The van der Waals surface area contributed by atoms with Crippen LogP contribution in [0.4, 0.5) is 0 Å². The van der Waals surface area contributed by atoms with Crippen LogP contribution < -0.4 is 0 Å². The Morgan fingerprint density at radius 3 is 2.16 bits per heavy atom. The van der Waals surface area contributed by atoms with Crippen LogP contribution in [0.15, 0.2) is 24.3 Å². The fourth-order valence-corrected chi connectivity index (χ4v) is 2.91. The van der Waals surface area contributed by atoms with Gasteiger partial charge in [-0.1, -0.05) is 63.6 Å². The summed E-state index contributed by atoms with van der Waals surface area (Å²) in [6.07, 6.45) is 8.44. The molecule has 0 spiro atoms. The van der Waals surface area contributed by atoms with Crippen LogP contribution in [0.25, 0.3) is 0 Å². The first-order valence-corrected chi connectivity index (χ1v) is 10.3. The summed E-state index contributed by atoms with van der Waals surface area (Å²) in [7, 11) is 0. The van der Waals surface area contributed by atoms with E-state index in [4.69, 9.17) is 9.47 Å². The number of esters is 2. The Kier molecular flexibility index (Phi) is 12.4. The molecule has 0 aliphatic heterocycles. The van der Waals surface area contributed by atoms with Gasteiger partial charge < -0.3 is 9.47 Å². The van der Waals surface area contributed by atoms with Crippen LogP contribution in [-0.4, -0.2) is 18.5 Å². The van der Waals surface area contributed by atoms with E-state index >= 15 is 0 Å². The van der Waals surface area contributed by atoms with E-state index in [9.17, 15) is 9.59 Å². The van der Waals surface area contributed by atoms with Gasteiger partial charge >= 0.3 is 11.9 Å². The topological polar surface area (TPSA) is 52.6 Å². The Morgan fingerprint density at radius 1 is 0.880 bits per heavy atom. The minimum atomic E-state index is -0.368. The quantitative estimate of drug-likeness (QED) is 0.225. The highest BCUT2D eigenvalue weighted by molar-refractivity contribution is 14.1. The second kappa shape index (κ2) is 14.1. The summed E-state index contributed by atoms with van der Waals surface area (Å²) in [5.41, 5.74) is 0.970. The molecule has 0 aliphatic carbocycles. The number of benzene rings is 1. The first-order chi connectivity index (χ1) is 12.1. The number of carbonyl (C=O) groups excluding carboxylic acids is 2. The third kappa shape index (κ3) is 11.2. The first-order valence-electron chi connectivity index (χ1n) is 9.18. The zero-order valence-corrected chi connectivity index (χ0v) is 17.3. The van der Waals surface area contributed by atoms with Gasteiger partial charge in [0.15, 0.2) is 0 Å². The van der Waals surface area contributed by atoms with Gasteiger partial charge in [0.25, 0.3) is 0 Å². The number of rotatable bonds is 13. The van der Waals surface area contributed by atoms with Gasteiger partial charge in [0, 0.05) is 9.13 Å². The van der Waals surface area contributed by atoms with Crippen molar-refractivity contribution in [3.63, 3.8) is 0 Å². The van der Waals surface area contributed by atoms with Crippen molar-refractivity contribution in [3.05, 3.63) is 33.4 Å². The van der Waals surface area contributed by atoms with Crippen molar-refractivity contribution in [2.24, 2.45) is 0 Å². The zero-order chi connectivity index (χ0) is 18.3. The lowest BCUT2D eigenvalue weighted by molar-refractivity contribution is -0.151. The Labute approximate surface area is 164 Å². The van der Waals surface area contributed by atoms with Crippen molar-refractivity contribution in [2.75, 3.05) is 6.61 Å². The molecule has 1 rings (SSSR count). The van der Waals surface area contributed by atoms with E-state index in [1.54, 1.807) is 0 Å². The van der Waals surface area contributed by atoms with E-state index in [-0.39, 0.29) is 31.4 Å².